The van der Waals surface area contributed by atoms with Crippen molar-refractivity contribution in [3.8, 4) is 6.07 Å². The summed E-state index contributed by atoms with van der Waals surface area (Å²) in [5.74, 6) is -0.0148. The second kappa shape index (κ2) is 8.03. The molecule has 0 bridgehead atoms. The summed E-state index contributed by atoms with van der Waals surface area (Å²) < 4.78 is 0. The third kappa shape index (κ3) is 4.27. The first kappa shape index (κ1) is 19.1. The number of aromatic nitrogens is 1. The van der Waals surface area contributed by atoms with Gasteiger partial charge in [0.15, 0.2) is 5.78 Å². The molecule has 2 unspecified atom stereocenters. The van der Waals surface area contributed by atoms with Crippen LogP contribution in [0.15, 0.2) is 42.2 Å². The van der Waals surface area contributed by atoms with E-state index in [1.165, 1.54) is 0 Å². The number of hydrogen-bond acceptors (Lipinski definition) is 4. The molecule has 0 aromatic carbocycles. The lowest BCUT2D eigenvalue weighted by Gasteiger charge is -2.47. The van der Waals surface area contributed by atoms with Crippen molar-refractivity contribution in [2.75, 3.05) is 6.61 Å². The maximum Gasteiger partial charge on any atom is 0.178 e. The van der Waals surface area contributed by atoms with E-state index in [-0.39, 0.29) is 29.3 Å². The Hall–Kier alpha value is -1.99. The third-order valence-electron chi connectivity index (χ3n) is 4.84. The number of nitrogens with zero attached hydrogens (tertiary/aromatic N) is 2. The second-order valence-corrected chi connectivity index (χ2v) is 6.67. The van der Waals surface area contributed by atoms with Crippen LogP contribution in [0.2, 0.25) is 0 Å². The lowest BCUT2D eigenvalue weighted by molar-refractivity contribution is -0.130. The number of pyridine rings is 1. The summed E-state index contributed by atoms with van der Waals surface area (Å²) in [7, 11) is 0. The van der Waals surface area contributed by atoms with E-state index in [0.717, 1.165) is 6.42 Å². The molecule has 1 heterocycles. The number of nitriles is 1. The summed E-state index contributed by atoms with van der Waals surface area (Å²) in [6.07, 6.45) is 6.76. The smallest absolute Gasteiger partial charge is 0.178 e. The Balaban J connectivity index is 0.000000366. The predicted molar refractivity (Wildman–Crippen MR) is 90.3 cm³/mol. The standard InChI is InChI=1S/C14H21NO2.C5H5N/c1-5-14(4)8-10(9-15)12(17)13(2,3)11(14)6-7-16;1-2-4-6-5-3-1/h8,11,16H,5-7H2,1-4H3;1-5H. The topological polar surface area (TPSA) is 74.0 Å². The molecule has 1 aliphatic carbocycles. The molecule has 1 aliphatic rings. The highest BCUT2D eigenvalue weighted by molar-refractivity contribution is 6.04. The highest BCUT2D eigenvalue weighted by Gasteiger charge is 2.49. The molecule has 1 N–H and O–H groups in total. The number of hydrogen-bond donors (Lipinski definition) is 1. The first-order chi connectivity index (χ1) is 10.8. The van der Waals surface area contributed by atoms with E-state index in [1.807, 2.05) is 38.1 Å². The molecule has 2 atom stereocenters. The zero-order chi connectivity index (χ0) is 17.5. The van der Waals surface area contributed by atoms with Crippen molar-refractivity contribution < 1.29 is 9.90 Å². The van der Waals surface area contributed by atoms with Crippen molar-refractivity contribution in [3.63, 3.8) is 0 Å². The zero-order valence-corrected chi connectivity index (χ0v) is 14.4. The monoisotopic (exact) mass is 314 g/mol. The minimum absolute atomic E-state index is 0.0761. The Morgan fingerprint density at radius 3 is 2.22 bits per heavy atom. The Labute approximate surface area is 138 Å². The van der Waals surface area contributed by atoms with Gasteiger partial charge in [0.25, 0.3) is 0 Å². The predicted octanol–water partition coefficient (Wildman–Crippen LogP) is 3.54. The molecule has 1 aromatic heterocycles. The van der Waals surface area contributed by atoms with Gasteiger partial charge in [0.05, 0.1) is 5.57 Å². The molecule has 0 aliphatic heterocycles. The van der Waals surface area contributed by atoms with E-state index in [0.29, 0.717) is 6.42 Å². The fourth-order valence-electron chi connectivity index (χ4n) is 3.39. The second-order valence-electron chi connectivity index (χ2n) is 6.67. The molecular formula is C19H26N2O2. The van der Waals surface area contributed by atoms with Crippen molar-refractivity contribution in [1.29, 1.82) is 5.26 Å². The van der Waals surface area contributed by atoms with E-state index in [9.17, 15) is 9.90 Å². The van der Waals surface area contributed by atoms with Crippen molar-refractivity contribution in [2.24, 2.45) is 16.7 Å². The lowest BCUT2D eigenvalue weighted by atomic mass is 9.55. The van der Waals surface area contributed by atoms with Gasteiger partial charge < -0.3 is 5.11 Å². The van der Waals surface area contributed by atoms with Crippen LogP contribution in [-0.4, -0.2) is 22.5 Å². The number of allylic oxidation sites excluding steroid dienone is 2. The van der Waals surface area contributed by atoms with E-state index in [2.05, 4.69) is 18.8 Å². The lowest BCUT2D eigenvalue weighted by Crippen LogP contribution is -2.46. The maximum atomic E-state index is 12.2. The van der Waals surface area contributed by atoms with Crippen molar-refractivity contribution in [2.45, 2.75) is 40.5 Å². The van der Waals surface area contributed by atoms with Crippen LogP contribution in [0.3, 0.4) is 0 Å². The van der Waals surface area contributed by atoms with Crippen molar-refractivity contribution in [3.05, 3.63) is 42.2 Å². The van der Waals surface area contributed by atoms with Crippen LogP contribution in [0.1, 0.15) is 40.5 Å². The van der Waals surface area contributed by atoms with Gasteiger partial charge in [-0.15, -0.1) is 0 Å². The van der Waals surface area contributed by atoms with Gasteiger partial charge >= 0.3 is 0 Å². The highest BCUT2D eigenvalue weighted by Crippen LogP contribution is 2.51. The third-order valence-corrected chi connectivity index (χ3v) is 4.84. The van der Waals surface area contributed by atoms with Crippen LogP contribution in [0, 0.1) is 28.1 Å². The molecular weight excluding hydrogens is 288 g/mol. The first-order valence-electron chi connectivity index (χ1n) is 7.97. The Bertz CT molecular complexity index is 560. The number of rotatable bonds is 3. The van der Waals surface area contributed by atoms with Crippen LogP contribution in [0.25, 0.3) is 0 Å². The van der Waals surface area contributed by atoms with Crippen LogP contribution in [0.5, 0.6) is 0 Å². The number of aliphatic hydroxyl groups excluding tert-OH is 1. The molecule has 1 aromatic rings. The van der Waals surface area contributed by atoms with Gasteiger partial charge in [-0.2, -0.15) is 5.26 Å². The summed E-state index contributed by atoms with van der Waals surface area (Å²) >= 11 is 0. The Morgan fingerprint density at radius 1 is 1.26 bits per heavy atom. The van der Waals surface area contributed by atoms with E-state index in [1.54, 1.807) is 18.5 Å². The average molecular weight is 314 g/mol. The van der Waals surface area contributed by atoms with Gasteiger partial charge in [-0.05, 0) is 36.3 Å². The largest absolute Gasteiger partial charge is 0.396 e. The molecule has 0 fully saturated rings. The maximum absolute atomic E-state index is 12.2. The molecule has 0 spiro atoms. The molecule has 23 heavy (non-hydrogen) atoms. The van der Waals surface area contributed by atoms with E-state index >= 15 is 0 Å². The number of carbonyl (C=O) groups is 1. The molecule has 0 saturated carbocycles. The van der Waals surface area contributed by atoms with Crippen LogP contribution >= 0.6 is 0 Å². The Morgan fingerprint density at radius 2 is 1.87 bits per heavy atom. The Kier molecular flexibility index (Phi) is 6.65. The van der Waals surface area contributed by atoms with Gasteiger partial charge in [0.1, 0.15) is 6.07 Å². The van der Waals surface area contributed by atoms with E-state index in [4.69, 9.17) is 5.26 Å². The van der Waals surface area contributed by atoms with Gasteiger partial charge in [-0.1, -0.05) is 39.8 Å². The summed E-state index contributed by atoms with van der Waals surface area (Å²) in [5, 5.41) is 18.2. The van der Waals surface area contributed by atoms with Gasteiger partial charge in [-0.3, -0.25) is 9.78 Å². The van der Waals surface area contributed by atoms with Gasteiger partial charge in [-0.25, -0.2) is 0 Å². The minimum atomic E-state index is -0.576. The molecule has 4 heteroatoms. The highest BCUT2D eigenvalue weighted by atomic mass is 16.3. The number of Topliss-reactive ketones (excluding diaryl/α,β-unsaturated/α-hetero) is 1. The SMILES string of the molecule is CCC1(C)C=C(C#N)C(=O)C(C)(C)C1CCO.c1ccncc1. The van der Waals surface area contributed by atoms with Crippen molar-refractivity contribution in [1.82, 2.24) is 4.98 Å². The minimum Gasteiger partial charge on any atom is -0.396 e. The van der Waals surface area contributed by atoms with Crippen LogP contribution < -0.4 is 0 Å². The van der Waals surface area contributed by atoms with Gasteiger partial charge in [0.2, 0.25) is 0 Å². The van der Waals surface area contributed by atoms with Crippen LogP contribution in [-0.2, 0) is 4.79 Å². The number of ketones is 1. The van der Waals surface area contributed by atoms with Crippen molar-refractivity contribution >= 4 is 5.78 Å². The zero-order valence-electron chi connectivity index (χ0n) is 14.4. The number of aliphatic hydroxyl groups is 1. The summed E-state index contributed by atoms with van der Waals surface area (Å²) in [6.45, 7) is 7.97. The normalized spacial score (nSPS) is 25.7. The fraction of sp³-hybridized carbons (Fsp3) is 0.526. The summed E-state index contributed by atoms with van der Waals surface area (Å²) in [6, 6.07) is 7.73. The quantitative estimate of drug-likeness (QED) is 0.926. The fourth-order valence-corrected chi connectivity index (χ4v) is 3.39. The summed E-state index contributed by atoms with van der Waals surface area (Å²) in [4.78, 5) is 16.0. The van der Waals surface area contributed by atoms with Crippen LogP contribution in [0.4, 0.5) is 0 Å². The van der Waals surface area contributed by atoms with E-state index < -0.39 is 5.41 Å². The molecule has 0 saturated heterocycles. The molecule has 2 rings (SSSR count). The molecule has 0 radical (unpaired) electrons. The number of carbonyl (C=O) groups excluding carboxylic acids is 1. The summed E-state index contributed by atoms with van der Waals surface area (Å²) in [5.41, 5.74) is -0.494. The molecule has 0 amide bonds. The first-order valence-corrected chi connectivity index (χ1v) is 7.97. The van der Waals surface area contributed by atoms with Gasteiger partial charge in [0, 0.05) is 24.4 Å². The molecule has 124 valence electrons. The molecule has 4 nitrogen and oxygen atoms in total. The average Bonchev–Trinajstić information content (AvgIpc) is 2.57.